The Bertz CT molecular complexity index is 849. The summed E-state index contributed by atoms with van der Waals surface area (Å²) in [5, 5.41) is 15.3. The second-order valence-corrected chi connectivity index (χ2v) is 6.17. The number of para-hydroxylation sites is 1. The molecule has 0 fully saturated rings. The van der Waals surface area contributed by atoms with E-state index in [1.54, 1.807) is 6.20 Å². The lowest BCUT2D eigenvalue weighted by molar-refractivity contribution is 0.948. The topological polar surface area (TPSA) is 62.7 Å². The summed E-state index contributed by atoms with van der Waals surface area (Å²) in [5.41, 5.74) is 4.59. The van der Waals surface area contributed by atoms with Crippen LogP contribution < -0.4 is 10.6 Å². The standard InChI is InChI=1S/C19H20ClN5/c1-3-15-6-4-5-13(2)18(15)23-17-12-22-25-19(24-17)21-11-14-7-9-16(20)10-8-14/h4-10,12H,3,11H2,1-2H3,(H2,21,23,24,25). The molecule has 0 radical (unpaired) electrons. The van der Waals surface area contributed by atoms with Gasteiger partial charge in [0.05, 0.1) is 6.20 Å². The molecule has 2 aromatic carbocycles. The summed E-state index contributed by atoms with van der Waals surface area (Å²) in [4.78, 5) is 4.50. The van der Waals surface area contributed by atoms with E-state index in [-0.39, 0.29) is 0 Å². The van der Waals surface area contributed by atoms with Crippen molar-refractivity contribution in [1.29, 1.82) is 0 Å². The number of hydrogen-bond donors (Lipinski definition) is 2. The van der Waals surface area contributed by atoms with Gasteiger partial charge >= 0.3 is 0 Å². The minimum Gasteiger partial charge on any atom is -0.349 e. The molecule has 1 aromatic heterocycles. The Balaban J connectivity index is 1.72. The quantitative estimate of drug-likeness (QED) is 0.669. The summed E-state index contributed by atoms with van der Waals surface area (Å²) in [5.74, 6) is 1.14. The molecule has 128 valence electrons. The summed E-state index contributed by atoms with van der Waals surface area (Å²) in [6.45, 7) is 4.82. The van der Waals surface area contributed by atoms with Crippen molar-refractivity contribution in [3.05, 3.63) is 70.4 Å². The number of aryl methyl sites for hydroxylation is 2. The SMILES string of the molecule is CCc1cccc(C)c1Nc1cnnc(NCc2ccc(Cl)cc2)n1. The lowest BCUT2D eigenvalue weighted by Gasteiger charge is -2.13. The van der Waals surface area contributed by atoms with Crippen LogP contribution in [0.2, 0.25) is 5.02 Å². The predicted molar refractivity (Wildman–Crippen MR) is 102 cm³/mol. The first-order valence-corrected chi connectivity index (χ1v) is 8.57. The van der Waals surface area contributed by atoms with Crippen molar-refractivity contribution < 1.29 is 0 Å². The van der Waals surface area contributed by atoms with Crippen LogP contribution in [0.5, 0.6) is 0 Å². The zero-order valence-electron chi connectivity index (χ0n) is 14.3. The van der Waals surface area contributed by atoms with Gasteiger partial charge in [0.15, 0.2) is 5.82 Å². The number of nitrogens with one attached hydrogen (secondary N) is 2. The Morgan fingerprint density at radius 1 is 1.08 bits per heavy atom. The molecule has 3 rings (SSSR count). The van der Waals surface area contributed by atoms with Gasteiger partial charge in [-0.1, -0.05) is 48.9 Å². The number of hydrogen-bond acceptors (Lipinski definition) is 5. The van der Waals surface area contributed by atoms with Gasteiger partial charge in [-0.2, -0.15) is 10.1 Å². The third-order valence-electron chi connectivity index (χ3n) is 3.92. The van der Waals surface area contributed by atoms with Gasteiger partial charge < -0.3 is 10.6 Å². The van der Waals surface area contributed by atoms with Gasteiger partial charge in [0.2, 0.25) is 5.95 Å². The van der Waals surface area contributed by atoms with Crippen molar-refractivity contribution in [2.45, 2.75) is 26.8 Å². The first-order valence-electron chi connectivity index (χ1n) is 8.19. The van der Waals surface area contributed by atoms with Crippen LogP contribution in [0.25, 0.3) is 0 Å². The highest BCUT2D eigenvalue weighted by molar-refractivity contribution is 6.30. The molecule has 6 heteroatoms. The van der Waals surface area contributed by atoms with Crippen molar-refractivity contribution >= 4 is 29.1 Å². The number of benzene rings is 2. The minimum atomic E-state index is 0.478. The minimum absolute atomic E-state index is 0.478. The Kier molecular flexibility index (Phi) is 5.46. The second kappa shape index (κ2) is 7.94. The molecule has 1 heterocycles. The molecule has 0 atom stereocenters. The first-order chi connectivity index (χ1) is 12.2. The van der Waals surface area contributed by atoms with Crippen molar-refractivity contribution in [1.82, 2.24) is 15.2 Å². The van der Waals surface area contributed by atoms with E-state index in [4.69, 9.17) is 11.6 Å². The molecule has 0 spiro atoms. The van der Waals surface area contributed by atoms with Crippen molar-refractivity contribution in [2.24, 2.45) is 0 Å². The molecular weight excluding hydrogens is 334 g/mol. The van der Waals surface area contributed by atoms with Crippen molar-refractivity contribution in [3.8, 4) is 0 Å². The van der Waals surface area contributed by atoms with Crippen molar-refractivity contribution in [3.63, 3.8) is 0 Å². The van der Waals surface area contributed by atoms with Gasteiger partial charge in [-0.05, 0) is 42.2 Å². The van der Waals surface area contributed by atoms with E-state index in [0.29, 0.717) is 18.3 Å². The summed E-state index contributed by atoms with van der Waals surface area (Å²) >= 11 is 5.90. The highest BCUT2D eigenvalue weighted by Crippen LogP contribution is 2.24. The van der Waals surface area contributed by atoms with Crippen LogP contribution in [-0.2, 0) is 13.0 Å². The van der Waals surface area contributed by atoms with Crippen LogP contribution in [0.1, 0.15) is 23.6 Å². The summed E-state index contributed by atoms with van der Waals surface area (Å²) < 4.78 is 0. The highest BCUT2D eigenvalue weighted by atomic mass is 35.5. The third-order valence-corrected chi connectivity index (χ3v) is 4.17. The fraction of sp³-hybridized carbons (Fsp3) is 0.211. The fourth-order valence-electron chi connectivity index (χ4n) is 2.55. The van der Waals surface area contributed by atoms with Gasteiger partial charge in [0.25, 0.3) is 0 Å². The zero-order chi connectivity index (χ0) is 17.6. The van der Waals surface area contributed by atoms with Crippen LogP contribution in [0.4, 0.5) is 17.5 Å². The summed E-state index contributed by atoms with van der Waals surface area (Å²) in [6.07, 6.45) is 2.57. The van der Waals surface area contributed by atoms with Crippen molar-refractivity contribution in [2.75, 3.05) is 10.6 Å². The third kappa shape index (κ3) is 4.45. The Morgan fingerprint density at radius 3 is 2.64 bits per heavy atom. The number of anilines is 3. The molecule has 25 heavy (non-hydrogen) atoms. The van der Waals surface area contributed by atoms with Gasteiger partial charge in [-0.15, -0.1) is 5.10 Å². The van der Waals surface area contributed by atoms with Crippen LogP contribution in [-0.4, -0.2) is 15.2 Å². The largest absolute Gasteiger partial charge is 0.349 e. The average Bonchev–Trinajstić information content (AvgIpc) is 2.63. The first kappa shape index (κ1) is 17.2. The van der Waals surface area contributed by atoms with Crippen LogP contribution >= 0.6 is 11.6 Å². The summed E-state index contributed by atoms with van der Waals surface area (Å²) in [7, 11) is 0. The number of halogens is 1. The predicted octanol–water partition coefficient (Wildman–Crippen LogP) is 4.75. The molecule has 5 nitrogen and oxygen atoms in total. The maximum absolute atomic E-state index is 5.90. The van der Waals surface area contributed by atoms with E-state index in [1.807, 2.05) is 24.3 Å². The van der Waals surface area contributed by atoms with Gasteiger partial charge in [-0.25, -0.2) is 0 Å². The number of nitrogens with zero attached hydrogens (tertiary/aromatic N) is 3. The van der Waals surface area contributed by atoms with E-state index in [1.165, 1.54) is 11.1 Å². The Hall–Kier alpha value is -2.66. The maximum atomic E-state index is 5.90. The lowest BCUT2D eigenvalue weighted by atomic mass is 10.1. The summed E-state index contributed by atoms with van der Waals surface area (Å²) in [6, 6.07) is 13.9. The smallest absolute Gasteiger partial charge is 0.244 e. The van der Waals surface area contributed by atoms with Crippen LogP contribution in [0.3, 0.4) is 0 Å². The molecule has 3 aromatic rings. The van der Waals surface area contributed by atoms with E-state index in [2.05, 4.69) is 57.9 Å². The number of rotatable bonds is 6. The van der Waals surface area contributed by atoms with E-state index >= 15 is 0 Å². The molecule has 0 aliphatic carbocycles. The zero-order valence-corrected chi connectivity index (χ0v) is 15.0. The molecule has 0 saturated heterocycles. The molecule has 0 aliphatic rings. The average molecular weight is 354 g/mol. The lowest BCUT2D eigenvalue weighted by Crippen LogP contribution is -2.07. The molecule has 0 amide bonds. The highest BCUT2D eigenvalue weighted by Gasteiger charge is 2.07. The fourth-order valence-corrected chi connectivity index (χ4v) is 2.68. The second-order valence-electron chi connectivity index (χ2n) is 5.73. The van der Waals surface area contributed by atoms with E-state index in [9.17, 15) is 0 Å². The molecule has 0 unspecified atom stereocenters. The van der Waals surface area contributed by atoms with E-state index in [0.717, 1.165) is 22.7 Å². The Labute approximate surface area is 152 Å². The maximum Gasteiger partial charge on any atom is 0.244 e. The molecule has 2 N–H and O–H groups in total. The van der Waals surface area contributed by atoms with Gasteiger partial charge in [0.1, 0.15) is 0 Å². The van der Waals surface area contributed by atoms with Gasteiger partial charge in [-0.3, -0.25) is 0 Å². The Morgan fingerprint density at radius 2 is 1.88 bits per heavy atom. The monoisotopic (exact) mass is 353 g/mol. The normalized spacial score (nSPS) is 10.5. The van der Waals surface area contributed by atoms with Gasteiger partial charge in [0, 0.05) is 17.3 Å². The molecule has 0 bridgehead atoms. The molecule has 0 aliphatic heterocycles. The molecular formula is C19H20ClN5. The van der Waals surface area contributed by atoms with Crippen LogP contribution in [0, 0.1) is 6.92 Å². The molecule has 0 saturated carbocycles. The van der Waals surface area contributed by atoms with Crippen LogP contribution in [0.15, 0.2) is 48.7 Å². The number of aromatic nitrogens is 3. The van der Waals surface area contributed by atoms with E-state index < -0.39 is 0 Å².